The number of carbonyl (C=O) groups excluding carboxylic acids is 2. The molecule has 156 valence electrons. The second-order valence-electron chi connectivity index (χ2n) is 6.81. The predicted molar refractivity (Wildman–Crippen MR) is 101 cm³/mol. The van der Waals surface area contributed by atoms with Gasteiger partial charge in [0.2, 0.25) is 5.72 Å². The Morgan fingerprint density at radius 2 is 2.10 bits per heavy atom. The molecule has 1 fully saturated rings. The number of ether oxygens (including phenoxy) is 3. The predicted octanol–water partition coefficient (Wildman–Crippen LogP) is 1.53. The van der Waals surface area contributed by atoms with Gasteiger partial charge < -0.3 is 19.2 Å². The summed E-state index contributed by atoms with van der Waals surface area (Å²) >= 11 is 0. The first-order chi connectivity index (χ1) is 14.4. The van der Waals surface area contributed by atoms with Gasteiger partial charge >= 0.3 is 11.9 Å². The Morgan fingerprint density at radius 1 is 1.33 bits per heavy atom. The van der Waals surface area contributed by atoms with Crippen LogP contribution in [0, 0.1) is 0 Å². The first-order valence-corrected chi connectivity index (χ1v) is 9.15. The number of rotatable bonds is 5. The fraction of sp³-hybridized carbons (Fsp3) is 0.300. The van der Waals surface area contributed by atoms with Gasteiger partial charge in [-0.05, 0) is 18.2 Å². The first-order valence-electron chi connectivity index (χ1n) is 9.15. The smallest absolute Gasteiger partial charge is 0.338 e. The minimum atomic E-state index is -1.89. The van der Waals surface area contributed by atoms with Gasteiger partial charge in [0.25, 0.3) is 5.56 Å². The van der Waals surface area contributed by atoms with Crippen molar-refractivity contribution in [1.82, 2.24) is 14.5 Å². The highest BCUT2D eigenvalue weighted by Crippen LogP contribution is 2.38. The maximum absolute atomic E-state index is 15.6. The van der Waals surface area contributed by atoms with E-state index in [9.17, 15) is 14.4 Å². The normalized spacial score (nSPS) is 23.4. The number of pyridine rings is 1. The largest absolute Gasteiger partial charge is 0.459 e. The van der Waals surface area contributed by atoms with Crippen LogP contribution in [0.5, 0.6) is 0 Å². The number of hydrogen-bond donors (Lipinski definition) is 1. The number of fused-ring (bicyclic) bond motifs is 1. The molecule has 3 heterocycles. The summed E-state index contributed by atoms with van der Waals surface area (Å²) in [7, 11) is 0. The molecule has 0 bridgehead atoms. The number of hydrogen-bond acceptors (Lipinski definition) is 7. The fourth-order valence-electron chi connectivity index (χ4n) is 3.47. The molecule has 3 atom stereocenters. The van der Waals surface area contributed by atoms with E-state index in [4.69, 9.17) is 14.2 Å². The lowest BCUT2D eigenvalue weighted by molar-refractivity contribution is -0.177. The second-order valence-corrected chi connectivity index (χ2v) is 6.81. The van der Waals surface area contributed by atoms with E-state index < -0.39 is 35.5 Å². The molecule has 9 nitrogen and oxygen atoms in total. The molecule has 3 aromatic rings. The van der Waals surface area contributed by atoms with E-state index in [1.54, 1.807) is 30.3 Å². The molecule has 2 aromatic heterocycles. The number of aromatic nitrogens is 3. The number of carbonyl (C=O) groups is 2. The Morgan fingerprint density at radius 3 is 2.83 bits per heavy atom. The standard InChI is InChI=1S/C20H18FN3O6/c1-12(25)30-20(24-11-23-16-14(24)7-8-22-18(16)26)10-29-15(17(20)21)9-28-19(27)13-5-3-2-4-6-13/h2-8,11,15,17H,9-10H2,1H3,(H,22,26)/t15-,17+,20-/m1/s1. The second kappa shape index (κ2) is 7.71. The van der Waals surface area contributed by atoms with Gasteiger partial charge in [-0.1, -0.05) is 18.2 Å². The topological polar surface area (TPSA) is 113 Å². The molecule has 0 spiro atoms. The van der Waals surface area contributed by atoms with Gasteiger partial charge in [0.15, 0.2) is 11.7 Å². The molecule has 0 unspecified atom stereocenters. The lowest BCUT2D eigenvalue weighted by Gasteiger charge is -2.31. The van der Waals surface area contributed by atoms with E-state index >= 15 is 4.39 Å². The number of imidazole rings is 1. The number of benzene rings is 1. The minimum Gasteiger partial charge on any atom is -0.459 e. The van der Waals surface area contributed by atoms with Crippen molar-refractivity contribution in [3.8, 4) is 0 Å². The molecule has 0 amide bonds. The average Bonchev–Trinajstić information content (AvgIpc) is 3.30. The lowest BCUT2D eigenvalue weighted by atomic mass is 10.1. The summed E-state index contributed by atoms with van der Waals surface area (Å²) in [6.07, 6.45) is -0.470. The van der Waals surface area contributed by atoms with Crippen LogP contribution >= 0.6 is 0 Å². The number of H-pyrrole nitrogens is 1. The third-order valence-electron chi connectivity index (χ3n) is 4.85. The quantitative estimate of drug-likeness (QED) is 0.629. The van der Waals surface area contributed by atoms with Crippen LogP contribution < -0.4 is 5.56 Å². The highest BCUT2D eigenvalue weighted by Gasteiger charge is 2.56. The molecule has 0 radical (unpaired) electrons. The Kier molecular flexibility index (Phi) is 5.08. The van der Waals surface area contributed by atoms with Gasteiger partial charge in [0.1, 0.15) is 19.3 Å². The van der Waals surface area contributed by atoms with Crippen LogP contribution in [0.2, 0.25) is 0 Å². The number of esters is 2. The third kappa shape index (κ3) is 3.35. The molecule has 1 aliphatic rings. The van der Waals surface area contributed by atoms with E-state index in [0.29, 0.717) is 5.56 Å². The monoisotopic (exact) mass is 415 g/mol. The Balaban J connectivity index is 1.61. The zero-order chi connectivity index (χ0) is 21.3. The highest BCUT2D eigenvalue weighted by atomic mass is 19.1. The van der Waals surface area contributed by atoms with Crippen molar-refractivity contribution < 1.29 is 28.2 Å². The molecule has 1 saturated heterocycles. The molecule has 4 rings (SSSR count). The summed E-state index contributed by atoms with van der Waals surface area (Å²) in [5.74, 6) is -1.37. The summed E-state index contributed by atoms with van der Waals surface area (Å²) in [6.45, 7) is 0.411. The van der Waals surface area contributed by atoms with Crippen LogP contribution in [-0.2, 0) is 24.7 Å². The van der Waals surface area contributed by atoms with Crippen LogP contribution in [-0.4, -0.2) is 52.0 Å². The van der Waals surface area contributed by atoms with Crippen molar-refractivity contribution in [3.05, 3.63) is 64.8 Å². The molecular weight excluding hydrogens is 397 g/mol. The van der Waals surface area contributed by atoms with Crippen molar-refractivity contribution in [2.75, 3.05) is 13.2 Å². The van der Waals surface area contributed by atoms with Crippen LogP contribution in [0.3, 0.4) is 0 Å². The molecular formula is C20H18FN3O6. The maximum Gasteiger partial charge on any atom is 0.338 e. The van der Waals surface area contributed by atoms with Gasteiger partial charge in [0, 0.05) is 13.1 Å². The Bertz CT molecular complexity index is 1140. The average molecular weight is 415 g/mol. The van der Waals surface area contributed by atoms with Gasteiger partial charge in [-0.3, -0.25) is 14.2 Å². The van der Waals surface area contributed by atoms with Gasteiger partial charge in [-0.15, -0.1) is 0 Å². The van der Waals surface area contributed by atoms with E-state index in [2.05, 4.69) is 9.97 Å². The zero-order valence-electron chi connectivity index (χ0n) is 15.9. The summed E-state index contributed by atoms with van der Waals surface area (Å²) in [5.41, 5.74) is -1.70. The van der Waals surface area contributed by atoms with E-state index in [1.165, 1.54) is 23.2 Å². The summed E-state index contributed by atoms with van der Waals surface area (Å²) in [5, 5.41) is 0. The Hall–Kier alpha value is -3.53. The van der Waals surface area contributed by atoms with Crippen LogP contribution in [0.15, 0.2) is 53.7 Å². The van der Waals surface area contributed by atoms with E-state index in [-0.39, 0.29) is 24.2 Å². The third-order valence-corrected chi connectivity index (χ3v) is 4.85. The lowest BCUT2D eigenvalue weighted by Crippen LogP contribution is -2.48. The zero-order valence-corrected chi connectivity index (χ0v) is 15.9. The van der Waals surface area contributed by atoms with Crippen LogP contribution in [0.4, 0.5) is 4.39 Å². The van der Waals surface area contributed by atoms with Crippen molar-refractivity contribution in [3.63, 3.8) is 0 Å². The number of nitrogens with zero attached hydrogens (tertiary/aromatic N) is 2. The van der Waals surface area contributed by atoms with E-state index in [1.807, 2.05) is 0 Å². The van der Waals surface area contributed by atoms with Gasteiger partial charge in [0.05, 0.1) is 17.4 Å². The SMILES string of the molecule is CC(=O)O[C@]1(n2cnc3c(=O)[nH]ccc32)CO[C@H](COC(=O)c2ccccc2)[C@@H]1F. The number of alkyl halides is 1. The summed E-state index contributed by atoms with van der Waals surface area (Å²) in [4.78, 5) is 42.4. The van der Waals surface area contributed by atoms with Crippen molar-refractivity contribution in [2.45, 2.75) is 24.9 Å². The van der Waals surface area contributed by atoms with Crippen molar-refractivity contribution in [2.24, 2.45) is 0 Å². The molecule has 1 N–H and O–H groups in total. The molecule has 0 aliphatic carbocycles. The van der Waals surface area contributed by atoms with Crippen molar-refractivity contribution in [1.29, 1.82) is 0 Å². The van der Waals surface area contributed by atoms with Crippen LogP contribution in [0.25, 0.3) is 11.0 Å². The van der Waals surface area contributed by atoms with Gasteiger partial charge in [-0.2, -0.15) is 0 Å². The maximum atomic E-state index is 15.6. The van der Waals surface area contributed by atoms with Crippen molar-refractivity contribution >= 4 is 23.0 Å². The molecule has 0 saturated carbocycles. The Labute approximate surface area is 169 Å². The van der Waals surface area contributed by atoms with Gasteiger partial charge in [-0.25, -0.2) is 14.2 Å². The number of aromatic amines is 1. The molecule has 1 aromatic carbocycles. The highest BCUT2D eigenvalue weighted by molar-refractivity contribution is 5.89. The fourth-order valence-corrected chi connectivity index (χ4v) is 3.47. The van der Waals surface area contributed by atoms with Crippen LogP contribution in [0.1, 0.15) is 17.3 Å². The molecule has 30 heavy (non-hydrogen) atoms. The first kappa shape index (κ1) is 19.8. The molecule has 10 heteroatoms. The summed E-state index contributed by atoms with van der Waals surface area (Å²) < 4.78 is 32.9. The minimum absolute atomic E-state index is 0.0650. The number of nitrogens with one attached hydrogen (secondary N) is 1. The summed E-state index contributed by atoms with van der Waals surface area (Å²) in [6, 6.07) is 9.77. The number of halogens is 1. The van der Waals surface area contributed by atoms with E-state index in [0.717, 1.165) is 6.92 Å². The molecule has 1 aliphatic heterocycles.